The molecule has 1 amide bonds. The smallest absolute Gasteiger partial charge is 0.320 e. The molecular weight excluding hydrogens is 336 g/mol. The van der Waals surface area contributed by atoms with E-state index in [4.69, 9.17) is 0 Å². The van der Waals surface area contributed by atoms with Gasteiger partial charge in [0.15, 0.2) is 17.5 Å². The average Bonchev–Trinajstić information content (AvgIpc) is 2.53. The Morgan fingerprint density at radius 2 is 1.54 bits per heavy atom. The van der Waals surface area contributed by atoms with Gasteiger partial charge in [-0.25, -0.2) is 13.2 Å². The second-order valence-corrected chi connectivity index (χ2v) is 4.67. The van der Waals surface area contributed by atoms with Gasteiger partial charge in [-0.15, -0.1) is 0 Å². The Morgan fingerprint density at radius 1 is 0.917 bits per heavy atom. The number of alkyl halides is 3. The summed E-state index contributed by atoms with van der Waals surface area (Å²) in [5.74, 6) is -5.53. The SMILES string of the molecule is O=C(/C=C/c1ccc(C(F)(F)F)cc1)Nc1ccc(F)c(F)c1F. The number of benzene rings is 2. The van der Waals surface area contributed by atoms with Gasteiger partial charge >= 0.3 is 6.18 Å². The van der Waals surface area contributed by atoms with Crippen molar-refractivity contribution in [3.63, 3.8) is 0 Å². The Bertz CT molecular complexity index is 780. The Kier molecular flexibility index (Phi) is 4.96. The number of carbonyl (C=O) groups excluding carboxylic acids is 1. The molecule has 0 atom stereocenters. The lowest BCUT2D eigenvalue weighted by molar-refractivity contribution is -0.137. The van der Waals surface area contributed by atoms with Crippen molar-refractivity contribution in [2.45, 2.75) is 6.18 Å². The van der Waals surface area contributed by atoms with Gasteiger partial charge in [0.1, 0.15) is 0 Å². The molecule has 0 saturated carbocycles. The van der Waals surface area contributed by atoms with E-state index in [-0.39, 0.29) is 0 Å². The summed E-state index contributed by atoms with van der Waals surface area (Å²) in [7, 11) is 0. The summed E-state index contributed by atoms with van der Waals surface area (Å²) in [4.78, 5) is 11.6. The second kappa shape index (κ2) is 6.77. The minimum atomic E-state index is -4.47. The zero-order valence-corrected chi connectivity index (χ0v) is 11.8. The van der Waals surface area contributed by atoms with Crippen molar-refractivity contribution >= 4 is 17.7 Å². The van der Waals surface area contributed by atoms with E-state index in [2.05, 4.69) is 0 Å². The fourth-order valence-electron chi connectivity index (χ4n) is 1.75. The molecular formula is C16H9F6NO. The van der Waals surface area contributed by atoms with Gasteiger partial charge in [0, 0.05) is 6.08 Å². The number of carbonyl (C=O) groups is 1. The molecule has 2 rings (SSSR count). The number of hydrogen-bond acceptors (Lipinski definition) is 1. The van der Waals surface area contributed by atoms with E-state index in [1.807, 2.05) is 5.32 Å². The van der Waals surface area contributed by atoms with Crippen LogP contribution in [0.4, 0.5) is 32.0 Å². The molecule has 0 saturated heterocycles. The van der Waals surface area contributed by atoms with Gasteiger partial charge in [0.05, 0.1) is 11.3 Å². The number of rotatable bonds is 3. The van der Waals surface area contributed by atoms with Crippen LogP contribution in [0, 0.1) is 17.5 Å². The Balaban J connectivity index is 2.07. The first-order valence-corrected chi connectivity index (χ1v) is 6.48. The lowest BCUT2D eigenvalue weighted by Crippen LogP contribution is -2.10. The molecule has 8 heteroatoms. The molecule has 126 valence electrons. The zero-order valence-electron chi connectivity index (χ0n) is 11.8. The summed E-state index contributed by atoms with van der Waals surface area (Å²) >= 11 is 0. The van der Waals surface area contributed by atoms with Crippen LogP contribution in [-0.4, -0.2) is 5.91 Å². The molecule has 0 fully saturated rings. The maximum atomic E-state index is 13.4. The normalized spacial score (nSPS) is 11.8. The van der Waals surface area contributed by atoms with Crippen LogP contribution < -0.4 is 5.32 Å². The summed E-state index contributed by atoms with van der Waals surface area (Å²) in [6, 6.07) is 5.46. The van der Waals surface area contributed by atoms with Gasteiger partial charge in [0.2, 0.25) is 5.91 Å². The van der Waals surface area contributed by atoms with Crippen LogP contribution in [0.1, 0.15) is 11.1 Å². The molecule has 0 unspecified atom stereocenters. The number of anilines is 1. The van der Waals surface area contributed by atoms with E-state index in [0.717, 1.165) is 36.4 Å². The van der Waals surface area contributed by atoms with Crippen molar-refractivity contribution in [1.29, 1.82) is 0 Å². The van der Waals surface area contributed by atoms with Crippen LogP contribution in [-0.2, 0) is 11.0 Å². The molecule has 0 heterocycles. The molecule has 0 aliphatic carbocycles. The van der Waals surface area contributed by atoms with E-state index >= 15 is 0 Å². The number of hydrogen-bond donors (Lipinski definition) is 1. The molecule has 0 radical (unpaired) electrons. The molecule has 2 aromatic rings. The van der Waals surface area contributed by atoms with Crippen LogP contribution in [0.3, 0.4) is 0 Å². The maximum Gasteiger partial charge on any atom is 0.416 e. The van der Waals surface area contributed by atoms with Gasteiger partial charge in [-0.05, 0) is 35.9 Å². The maximum absolute atomic E-state index is 13.4. The van der Waals surface area contributed by atoms with Crippen LogP contribution in [0.25, 0.3) is 6.08 Å². The van der Waals surface area contributed by atoms with Gasteiger partial charge in [0.25, 0.3) is 0 Å². The summed E-state index contributed by atoms with van der Waals surface area (Å²) in [6.45, 7) is 0. The summed E-state index contributed by atoms with van der Waals surface area (Å²) < 4.78 is 76.4. The van der Waals surface area contributed by atoms with Crippen LogP contribution in [0.15, 0.2) is 42.5 Å². The highest BCUT2D eigenvalue weighted by atomic mass is 19.4. The van der Waals surface area contributed by atoms with Crippen molar-refractivity contribution in [1.82, 2.24) is 0 Å². The predicted molar refractivity (Wildman–Crippen MR) is 75.4 cm³/mol. The summed E-state index contributed by atoms with van der Waals surface area (Å²) in [5.41, 5.74) is -1.10. The fraction of sp³-hybridized carbons (Fsp3) is 0.0625. The number of halogens is 6. The van der Waals surface area contributed by atoms with Gasteiger partial charge in [-0.3, -0.25) is 4.79 Å². The highest BCUT2D eigenvalue weighted by Crippen LogP contribution is 2.29. The largest absolute Gasteiger partial charge is 0.416 e. The topological polar surface area (TPSA) is 29.1 Å². The molecule has 0 spiro atoms. The molecule has 0 aliphatic rings. The van der Waals surface area contributed by atoms with Crippen molar-refractivity contribution in [2.24, 2.45) is 0 Å². The van der Waals surface area contributed by atoms with Gasteiger partial charge in [-0.2, -0.15) is 13.2 Å². The van der Waals surface area contributed by atoms with Crippen molar-refractivity contribution in [2.75, 3.05) is 5.32 Å². The lowest BCUT2D eigenvalue weighted by Gasteiger charge is -2.06. The zero-order chi connectivity index (χ0) is 17.9. The molecule has 0 aliphatic heterocycles. The Morgan fingerprint density at radius 3 is 2.12 bits per heavy atom. The van der Waals surface area contributed by atoms with Crippen LogP contribution in [0.5, 0.6) is 0 Å². The van der Waals surface area contributed by atoms with E-state index in [0.29, 0.717) is 11.6 Å². The molecule has 0 aromatic heterocycles. The van der Waals surface area contributed by atoms with Gasteiger partial charge in [-0.1, -0.05) is 12.1 Å². The standard InChI is InChI=1S/C16H9F6NO/c17-11-6-7-12(15(19)14(11)18)23-13(24)8-3-9-1-4-10(5-2-9)16(20,21)22/h1-8H,(H,23,24)/b8-3+. The first kappa shape index (κ1) is 17.6. The Hall–Kier alpha value is -2.77. The first-order valence-electron chi connectivity index (χ1n) is 6.48. The minimum Gasteiger partial charge on any atom is -0.320 e. The summed E-state index contributed by atoms with van der Waals surface area (Å²) in [6.07, 6.45) is -2.36. The third-order valence-electron chi connectivity index (χ3n) is 2.96. The van der Waals surface area contributed by atoms with E-state index < -0.39 is 40.8 Å². The highest BCUT2D eigenvalue weighted by molar-refractivity contribution is 6.02. The number of amides is 1. The molecule has 0 bridgehead atoms. The van der Waals surface area contributed by atoms with Crippen LogP contribution in [0.2, 0.25) is 0 Å². The summed E-state index contributed by atoms with van der Waals surface area (Å²) in [5, 5.41) is 2.00. The first-order chi connectivity index (χ1) is 11.2. The second-order valence-electron chi connectivity index (χ2n) is 4.67. The average molecular weight is 345 g/mol. The fourth-order valence-corrected chi connectivity index (χ4v) is 1.75. The quantitative estimate of drug-likeness (QED) is 0.484. The molecule has 24 heavy (non-hydrogen) atoms. The monoisotopic (exact) mass is 345 g/mol. The highest BCUT2D eigenvalue weighted by Gasteiger charge is 2.29. The predicted octanol–water partition coefficient (Wildman–Crippen LogP) is 4.77. The third-order valence-corrected chi connectivity index (χ3v) is 2.96. The van der Waals surface area contributed by atoms with Crippen molar-refractivity contribution < 1.29 is 31.1 Å². The number of nitrogens with one attached hydrogen (secondary N) is 1. The van der Waals surface area contributed by atoms with E-state index in [1.54, 1.807) is 0 Å². The molecule has 2 aromatic carbocycles. The van der Waals surface area contributed by atoms with Crippen molar-refractivity contribution in [3.8, 4) is 0 Å². The lowest BCUT2D eigenvalue weighted by atomic mass is 10.1. The third kappa shape index (κ3) is 4.15. The molecule has 2 nitrogen and oxygen atoms in total. The van der Waals surface area contributed by atoms with Gasteiger partial charge < -0.3 is 5.32 Å². The van der Waals surface area contributed by atoms with Crippen LogP contribution >= 0.6 is 0 Å². The van der Waals surface area contributed by atoms with E-state index in [9.17, 15) is 31.1 Å². The Labute approximate surface area is 132 Å². The minimum absolute atomic E-state index is 0.295. The molecule has 1 N–H and O–H groups in total. The van der Waals surface area contributed by atoms with Crippen molar-refractivity contribution in [3.05, 3.63) is 71.1 Å². The van der Waals surface area contributed by atoms with E-state index in [1.165, 1.54) is 6.08 Å².